The molecule has 0 aliphatic heterocycles. The Morgan fingerprint density at radius 3 is 2.52 bits per heavy atom. The zero-order valence-corrected chi connectivity index (χ0v) is 13.8. The summed E-state index contributed by atoms with van der Waals surface area (Å²) in [7, 11) is 0. The number of amides is 1. The zero-order chi connectivity index (χ0) is 17.6. The quantitative estimate of drug-likeness (QED) is 0.745. The van der Waals surface area contributed by atoms with Crippen molar-refractivity contribution in [1.29, 1.82) is 0 Å². The van der Waals surface area contributed by atoms with Crippen molar-refractivity contribution in [3.63, 3.8) is 0 Å². The van der Waals surface area contributed by atoms with Crippen molar-refractivity contribution < 1.29 is 13.9 Å². The predicted octanol–water partition coefficient (Wildman–Crippen LogP) is 3.72. The average Bonchev–Trinajstić information content (AvgIpc) is 3.05. The molecule has 0 unspecified atom stereocenters. The Morgan fingerprint density at radius 1 is 1.12 bits per heavy atom. The summed E-state index contributed by atoms with van der Waals surface area (Å²) in [4.78, 5) is 12.2. The molecule has 0 fully saturated rings. The topological polar surface area (TPSA) is 56.1 Å². The molecule has 0 radical (unpaired) electrons. The minimum Gasteiger partial charge on any atom is -0.494 e. The number of carbonyl (C=O) groups is 1. The molecule has 0 atom stereocenters. The Hall–Kier alpha value is -3.15. The number of ether oxygens (including phenoxy) is 1. The fraction of sp³-hybridized carbons (Fsp3) is 0.158. The first-order valence-corrected chi connectivity index (χ1v) is 7.96. The fourth-order valence-electron chi connectivity index (χ4n) is 2.35. The van der Waals surface area contributed by atoms with Gasteiger partial charge in [-0.3, -0.25) is 9.48 Å². The van der Waals surface area contributed by atoms with Crippen molar-refractivity contribution in [2.45, 2.75) is 13.5 Å². The van der Waals surface area contributed by atoms with Crippen LogP contribution in [0.1, 0.15) is 22.8 Å². The van der Waals surface area contributed by atoms with E-state index in [0.29, 0.717) is 24.5 Å². The van der Waals surface area contributed by atoms with E-state index in [4.69, 9.17) is 4.74 Å². The van der Waals surface area contributed by atoms with Crippen LogP contribution in [0.3, 0.4) is 0 Å². The molecule has 25 heavy (non-hydrogen) atoms. The van der Waals surface area contributed by atoms with E-state index >= 15 is 0 Å². The lowest BCUT2D eigenvalue weighted by atomic mass is 10.2. The summed E-state index contributed by atoms with van der Waals surface area (Å²) < 4.78 is 20.0. The van der Waals surface area contributed by atoms with Crippen LogP contribution in [0.5, 0.6) is 5.75 Å². The smallest absolute Gasteiger partial charge is 0.256 e. The van der Waals surface area contributed by atoms with Crippen LogP contribution in [-0.2, 0) is 6.54 Å². The highest BCUT2D eigenvalue weighted by Gasteiger charge is 2.08. The highest BCUT2D eigenvalue weighted by Crippen LogP contribution is 2.14. The zero-order valence-electron chi connectivity index (χ0n) is 13.8. The highest BCUT2D eigenvalue weighted by atomic mass is 19.1. The van der Waals surface area contributed by atoms with Gasteiger partial charge in [0.25, 0.3) is 5.91 Å². The van der Waals surface area contributed by atoms with Gasteiger partial charge in [-0.2, -0.15) is 5.10 Å². The Balaban J connectivity index is 1.62. The maximum atomic E-state index is 12.9. The van der Waals surface area contributed by atoms with Crippen LogP contribution in [0.4, 0.5) is 10.2 Å². The van der Waals surface area contributed by atoms with E-state index < -0.39 is 0 Å². The third-order valence-electron chi connectivity index (χ3n) is 3.57. The monoisotopic (exact) mass is 339 g/mol. The lowest BCUT2D eigenvalue weighted by Crippen LogP contribution is -2.12. The Labute approximate surface area is 145 Å². The summed E-state index contributed by atoms with van der Waals surface area (Å²) in [6, 6.07) is 14.9. The van der Waals surface area contributed by atoms with Crippen LogP contribution in [0.25, 0.3) is 0 Å². The van der Waals surface area contributed by atoms with Crippen molar-refractivity contribution in [1.82, 2.24) is 9.78 Å². The molecule has 6 heteroatoms. The standard InChI is InChI=1S/C19H18FN3O2/c1-2-25-17-9-5-15(6-10-17)19(24)21-18-11-12-23(22-18)13-14-3-7-16(20)8-4-14/h3-12H,2,13H2,1H3,(H,21,22,24). The number of carbonyl (C=O) groups excluding carboxylic acids is 1. The van der Waals surface area contributed by atoms with E-state index in [2.05, 4.69) is 10.4 Å². The molecule has 0 spiro atoms. The van der Waals surface area contributed by atoms with Gasteiger partial charge < -0.3 is 10.1 Å². The summed E-state index contributed by atoms with van der Waals surface area (Å²) in [5, 5.41) is 7.06. The van der Waals surface area contributed by atoms with Crippen molar-refractivity contribution in [2.75, 3.05) is 11.9 Å². The number of nitrogens with one attached hydrogen (secondary N) is 1. The van der Waals surface area contributed by atoms with Crippen molar-refractivity contribution >= 4 is 11.7 Å². The van der Waals surface area contributed by atoms with Crippen LogP contribution in [0.15, 0.2) is 60.8 Å². The van der Waals surface area contributed by atoms with E-state index in [1.54, 1.807) is 53.3 Å². The second-order valence-corrected chi connectivity index (χ2v) is 5.44. The normalized spacial score (nSPS) is 10.5. The van der Waals surface area contributed by atoms with Gasteiger partial charge in [0.05, 0.1) is 13.2 Å². The first kappa shape index (κ1) is 16.7. The number of aromatic nitrogens is 2. The minimum absolute atomic E-state index is 0.241. The molecule has 1 N–H and O–H groups in total. The third kappa shape index (κ3) is 4.44. The number of benzene rings is 2. The van der Waals surface area contributed by atoms with Gasteiger partial charge in [0, 0.05) is 17.8 Å². The van der Waals surface area contributed by atoms with Gasteiger partial charge >= 0.3 is 0 Å². The van der Waals surface area contributed by atoms with Crippen molar-refractivity contribution in [2.24, 2.45) is 0 Å². The molecule has 1 amide bonds. The van der Waals surface area contributed by atoms with Gasteiger partial charge in [0.1, 0.15) is 11.6 Å². The molecule has 3 rings (SSSR count). The molecule has 0 aliphatic carbocycles. The Morgan fingerprint density at radius 2 is 1.84 bits per heavy atom. The van der Waals surface area contributed by atoms with Crippen LogP contribution in [0, 0.1) is 5.82 Å². The number of hydrogen-bond donors (Lipinski definition) is 1. The molecule has 0 bridgehead atoms. The molecule has 0 saturated heterocycles. The fourth-order valence-corrected chi connectivity index (χ4v) is 2.35. The maximum Gasteiger partial charge on any atom is 0.256 e. The summed E-state index contributed by atoms with van der Waals surface area (Å²) >= 11 is 0. The molecular weight excluding hydrogens is 321 g/mol. The van der Waals surface area contributed by atoms with Gasteiger partial charge in [0.2, 0.25) is 0 Å². The summed E-state index contributed by atoms with van der Waals surface area (Å²) in [6.45, 7) is 2.99. The maximum absolute atomic E-state index is 12.9. The number of rotatable bonds is 6. The molecule has 128 valence electrons. The SMILES string of the molecule is CCOc1ccc(C(=O)Nc2ccn(Cc3ccc(F)cc3)n2)cc1. The van der Waals surface area contributed by atoms with Crippen LogP contribution < -0.4 is 10.1 Å². The molecule has 0 aliphatic rings. The van der Waals surface area contributed by atoms with Gasteiger partial charge in [-0.25, -0.2) is 4.39 Å². The number of halogens is 1. The Bertz CT molecular complexity index is 842. The van der Waals surface area contributed by atoms with E-state index in [1.807, 2.05) is 6.92 Å². The van der Waals surface area contributed by atoms with Gasteiger partial charge in [-0.15, -0.1) is 0 Å². The Kier molecular flexibility index (Phi) is 5.09. The van der Waals surface area contributed by atoms with Crippen molar-refractivity contribution in [3.05, 3.63) is 77.7 Å². The number of nitrogens with zero attached hydrogens (tertiary/aromatic N) is 2. The third-order valence-corrected chi connectivity index (χ3v) is 3.57. The molecule has 3 aromatic rings. The number of anilines is 1. The van der Waals surface area contributed by atoms with Gasteiger partial charge in [-0.1, -0.05) is 12.1 Å². The summed E-state index contributed by atoms with van der Waals surface area (Å²) in [5.74, 6) is 0.672. The second kappa shape index (κ2) is 7.61. The molecular formula is C19H18FN3O2. The minimum atomic E-state index is -0.271. The van der Waals surface area contributed by atoms with Gasteiger partial charge in [-0.05, 0) is 48.9 Å². The largest absolute Gasteiger partial charge is 0.494 e. The van der Waals surface area contributed by atoms with Crippen molar-refractivity contribution in [3.8, 4) is 5.75 Å². The van der Waals surface area contributed by atoms with Crippen LogP contribution >= 0.6 is 0 Å². The molecule has 0 saturated carbocycles. The first-order chi connectivity index (χ1) is 12.1. The summed E-state index contributed by atoms with van der Waals surface area (Å²) in [5.41, 5.74) is 1.45. The molecule has 2 aromatic carbocycles. The summed E-state index contributed by atoms with van der Waals surface area (Å²) in [6.07, 6.45) is 1.76. The lowest BCUT2D eigenvalue weighted by Gasteiger charge is -2.05. The lowest BCUT2D eigenvalue weighted by molar-refractivity contribution is 0.102. The number of hydrogen-bond acceptors (Lipinski definition) is 3. The predicted molar refractivity (Wildman–Crippen MR) is 93.3 cm³/mol. The van der Waals surface area contributed by atoms with Gasteiger partial charge in [0.15, 0.2) is 5.82 Å². The average molecular weight is 339 g/mol. The van der Waals surface area contributed by atoms with E-state index in [1.165, 1.54) is 12.1 Å². The van der Waals surface area contributed by atoms with E-state index in [0.717, 1.165) is 11.3 Å². The van der Waals surface area contributed by atoms with E-state index in [-0.39, 0.29) is 11.7 Å². The van der Waals surface area contributed by atoms with Crippen LogP contribution in [-0.4, -0.2) is 22.3 Å². The molecule has 5 nitrogen and oxygen atoms in total. The molecule has 1 aromatic heterocycles. The first-order valence-electron chi connectivity index (χ1n) is 7.96. The highest BCUT2D eigenvalue weighted by molar-refractivity contribution is 6.03. The molecule has 1 heterocycles. The van der Waals surface area contributed by atoms with E-state index in [9.17, 15) is 9.18 Å². The second-order valence-electron chi connectivity index (χ2n) is 5.44. The van der Waals surface area contributed by atoms with Crippen LogP contribution in [0.2, 0.25) is 0 Å².